The number of amides is 1. The Morgan fingerprint density at radius 3 is 2.80 bits per heavy atom. The van der Waals surface area contributed by atoms with Gasteiger partial charge in [0.1, 0.15) is 0 Å². The Balaban J connectivity index is 0.00000182. The summed E-state index contributed by atoms with van der Waals surface area (Å²) in [6, 6.07) is 10.4. The second kappa shape index (κ2) is 7.56. The molecule has 2 atom stereocenters. The summed E-state index contributed by atoms with van der Waals surface area (Å²) < 4.78 is 1.97. The van der Waals surface area contributed by atoms with Crippen molar-refractivity contribution in [2.24, 2.45) is 11.7 Å². The summed E-state index contributed by atoms with van der Waals surface area (Å²) in [7, 11) is 0. The molecule has 0 unspecified atom stereocenters. The van der Waals surface area contributed by atoms with Crippen LogP contribution in [0.3, 0.4) is 0 Å². The number of likely N-dealkylation sites (tertiary alicyclic amines) is 1. The van der Waals surface area contributed by atoms with Gasteiger partial charge in [0.2, 0.25) is 5.91 Å². The van der Waals surface area contributed by atoms with Crippen molar-refractivity contribution >= 4 is 34.6 Å². The minimum atomic E-state index is 0. The van der Waals surface area contributed by atoms with Crippen LogP contribution in [0.1, 0.15) is 17.2 Å². The molecular weight excluding hydrogens is 356 g/mol. The van der Waals surface area contributed by atoms with Gasteiger partial charge in [0.05, 0.1) is 12.1 Å². The zero-order chi connectivity index (χ0) is 16.5. The van der Waals surface area contributed by atoms with Crippen LogP contribution >= 0.6 is 23.7 Å². The number of rotatable bonds is 4. The first-order valence-corrected chi connectivity index (χ1v) is 9.06. The standard InChI is InChI=1S/C18H20N4OS.ClH/c19-9-14-10-22(12-16(14)13-4-2-1-3-5-13)17(23)8-15-11-21-6-7-24-18(21)20-15;/h1-7,11,14,16H,8-10,12,19H2;1H/t14-,16+;/m1./s1. The van der Waals surface area contributed by atoms with Gasteiger partial charge >= 0.3 is 0 Å². The van der Waals surface area contributed by atoms with Crippen LogP contribution in [0.4, 0.5) is 0 Å². The van der Waals surface area contributed by atoms with Crippen LogP contribution in [0, 0.1) is 5.92 Å². The number of nitrogens with zero attached hydrogens (tertiary/aromatic N) is 3. The lowest BCUT2D eigenvalue weighted by Gasteiger charge is -2.16. The van der Waals surface area contributed by atoms with E-state index in [9.17, 15) is 4.79 Å². The number of carbonyl (C=O) groups is 1. The Morgan fingerprint density at radius 1 is 1.28 bits per heavy atom. The second-order valence-electron chi connectivity index (χ2n) is 6.31. The molecule has 1 amide bonds. The van der Waals surface area contributed by atoms with E-state index in [1.165, 1.54) is 5.56 Å². The van der Waals surface area contributed by atoms with Crippen LogP contribution in [0.15, 0.2) is 48.1 Å². The minimum absolute atomic E-state index is 0. The van der Waals surface area contributed by atoms with Crippen molar-refractivity contribution in [3.05, 3.63) is 59.4 Å². The Kier molecular flexibility index (Phi) is 5.42. The van der Waals surface area contributed by atoms with Gasteiger partial charge < -0.3 is 10.6 Å². The first-order chi connectivity index (χ1) is 11.7. The van der Waals surface area contributed by atoms with Crippen LogP contribution in [0.5, 0.6) is 0 Å². The molecular formula is C18H21ClN4OS. The molecule has 0 bridgehead atoms. The van der Waals surface area contributed by atoms with Crippen molar-refractivity contribution in [1.29, 1.82) is 0 Å². The van der Waals surface area contributed by atoms with Crippen LogP contribution in [0.25, 0.3) is 4.96 Å². The Hall–Kier alpha value is -1.89. The normalized spacial score (nSPS) is 20.0. The second-order valence-corrected chi connectivity index (χ2v) is 7.19. The van der Waals surface area contributed by atoms with E-state index in [-0.39, 0.29) is 18.3 Å². The van der Waals surface area contributed by atoms with Crippen molar-refractivity contribution in [3.63, 3.8) is 0 Å². The number of nitrogens with two attached hydrogens (primary N) is 1. The molecule has 3 aromatic rings. The minimum Gasteiger partial charge on any atom is -0.341 e. The topological polar surface area (TPSA) is 63.6 Å². The molecule has 2 aromatic heterocycles. The number of benzene rings is 1. The molecule has 3 heterocycles. The summed E-state index contributed by atoms with van der Waals surface area (Å²) in [5, 5.41) is 1.99. The number of halogens is 1. The summed E-state index contributed by atoms with van der Waals surface area (Å²) in [5.74, 6) is 0.783. The number of fused-ring (bicyclic) bond motifs is 1. The monoisotopic (exact) mass is 376 g/mol. The van der Waals surface area contributed by atoms with Crippen LogP contribution < -0.4 is 5.73 Å². The maximum absolute atomic E-state index is 12.7. The van der Waals surface area contributed by atoms with E-state index in [0.717, 1.165) is 23.7 Å². The Labute approximate surface area is 156 Å². The molecule has 0 aliphatic carbocycles. The van der Waals surface area contributed by atoms with E-state index < -0.39 is 0 Å². The lowest BCUT2D eigenvalue weighted by Crippen LogP contribution is -2.31. The Morgan fingerprint density at radius 2 is 2.08 bits per heavy atom. The third kappa shape index (κ3) is 3.56. The fourth-order valence-electron chi connectivity index (χ4n) is 3.52. The van der Waals surface area contributed by atoms with Crippen LogP contribution in [-0.2, 0) is 11.2 Å². The summed E-state index contributed by atoms with van der Waals surface area (Å²) in [4.78, 5) is 20.1. The highest BCUT2D eigenvalue weighted by Crippen LogP contribution is 2.32. The average Bonchev–Trinajstić information content (AvgIpc) is 3.29. The SMILES string of the molecule is Cl.NC[C@@H]1CN(C(=O)Cc2cn3ccsc3n2)C[C@H]1c1ccccc1. The zero-order valence-corrected chi connectivity index (χ0v) is 15.4. The molecule has 1 aliphatic heterocycles. The number of hydrogen-bond donors (Lipinski definition) is 1. The largest absolute Gasteiger partial charge is 0.341 e. The number of imidazole rings is 1. The van der Waals surface area contributed by atoms with E-state index in [1.807, 2.05) is 45.3 Å². The van der Waals surface area contributed by atoms with Gasteiger partial charge in [-0.25, -0.2) is 4.98 Å². The number of thiazole rings is 1. The van der Waals surface area contributed by atoms with E-state index >= 15 is 0 Å². The third-order valence-corrected chi connectivity index (χ3v) is 5.57. The fraction of sp³-hybridized carbons (Fsp3) is 0.333. The maximum atomic E-state index is 12.7. The van der Waals surface area contributed by atoms with Gasteiger partial charge in [-0.05, 0) is 18.0 Å². The molecule has 7 heteroatoms. The zero-order valence-electron chi connectivity index (χ0n) is 13.7. The predicted molar refractivity (Wildman–Crippen MR) is 102 cm³/mol. The molecule has 0 radical (unpaired) electrons. The molecule has 4 rings (SSSR count). The number of aromatic nitrogens is 2. The Bertz CT molecular complexity index is 819. The highest BCUT2D eigenvalue weighted by Gasteiger charge is 2.35. The molecule has 1 aliphatic rings. The number of hydrogen-bond acceptors (Lipinski definition) is 4. The summed E-state index contributed by atoms with van der Waals surface area (Å²) in [5.41, 5.74) is 8.06. The van der Waals surface area contributed by atoms with Gasteiger partial charge in [-0.1, -0.05) is 30.3 Å². The van der Waals surface area contributed by atoms with Crippen molar-refractivity contribution in [2.75, 3.05) is 19.6 Å². The highest BCUT2D eigenvalue weighted by molar-refractivity contribution is 7.15. The van der Waals surface area contributed by atoms with Crippen molar-refractivity contribution < 1.29 is 4.79 Å². The molecule has 25 heavy (non-hydrogen) atoms. The lowest BCUT2D eigenvalue weighted by molar-refractivity contribution is -0.129. The van der Waals surface area contributed by atoms with Crippen molar-refractivity contribution in [3.8, 4) is 0 Å². The van der Waals surface area contributed by atoms with Gasteiger partial charge in [0.25, 0.3) is 0 Å². The summed E-state index contributed by atoms with van der Waals surface area (Å²) in [6.07, 6.45) is 4.26. The average molecular weight is 377 g/mol. The predicted octanol–water partition coefficient (Wildman–Crippen LogP) is 2.56. The first kappa shape index (κ1) is 17.9. The van der Waals surface area contributed by atoms with Gasteiger partial charge in [-0.3, -0.25) is 9.20 Å². The fourth-order valence-corrected chi connectivity index (χ4v) is 4.24. The molecule has 1 fully saturated rings. The number of carbonyl (C=O) groups excluding carboxylic acids is 1. The molecule has 5 nitrogen and oxygen atoms in total. The molecule has 1 saturated heterocycles. The first-order valence-electron chi connectivity index (χ1n) is 8.18. The van der Waals surface area contributed by atoms with Crippen LogP contribution in [0.2, 0.25) is 0 Å². The molecule has 0 spiro atoms. The van der Waals surface area contributed by atoms with Gasteiger partial charge in [-0.15, -0.1) is 23.7 Å². The smallest absolute Gasteiger partial charge is 0.228 e. The molecule has 0 saturated carbocycles. The summed E-state index contributed by atoms with van der Waals surface area (Å²) >= 11 is 1.58. The van der Waals surface area contributed by atoms with Crippen LogP contribution in [-0.4, -0.2) is 39.8 Å². The lowest BCUT2D eigenvalue weighted by atomic mass is 9.89. The van der Waals surface area contributed by atoms with E-state index in [2.05, 4.69) is 17.1 Å². The van der Waals surface area contributed by atoms with Gasteiger partial charge in [0.15, 0.2) is 4.96 Å². The maximum Gasteiger partial charge on any atom is 0.228 e. The molecule has 1 aromatic carbocycles. The molecule has 132 valence electrons. The van der Waals surface area contributed by atoms with Crippen molar-refractivity contribution in [2.45, 2.75) is 12.3 Å². The van der Waals surface area contributed by atoms with Gasteiger partial charge in [-0.2, -0.15) is 0 Å². The van der Waals surface area contributed by atoms with E-state index in [0.29, 0.717) is 24.8 Å². The quantitative estimate of drug-likeness (QED) is 0.761. The van der Waals surface area contributed by atoms with Gasteiger partial charge in [0, 0.05) is 36.8 Å². The van der Waals surface area contributed by atoms with Crippen molar-refractivity contribution in [1.82, 2.24) is 14.3 Å². The molecule has 2 N–H and O–H groups in total. The highest BCUT2D eigenvalue weighted by atomic mass is 35.5. The third-order valence-electron chi connectivity index (χ3n) is 4.80. The summed E-state index contributed by atoms with van der Waals surface area (Å²) in [6.45, 7) is 2.08. The van der Waals surface area contributed by atoms with E-state index in [1.54, 1.807) is 11.3 Å². The van der Waals surface area contributed by atoms with E-state index in [4.69, 9.17) is 5.73 Å².